The van der Waals surface area contributed by atoms with Crippen molar-refractivity contribution in [1.82, 2.24) is 10.2 Å². The third-order valence-electron chi connectivity index (χ3n) is 5.25. The molecule has 5 atom stereocenters. The van der Waals surface area contributed by atoms with Crippen LogP contribution < -0.4 is 5.32 Å². The summed E-state index contributed by atoms with van der Waals surface area (Å²) in [5.74, 6) is 1.33. The molecule has 1 aliphatic heterocycles. The molecule has 0 aromatic carbocycles. The van der Waals surface area contributed by atoms with Crippen LogP contribution in [0.3, 0.4) is 0 Å². The van der Waals surface area contributed by atoms with Crippen molar-refractivity contribution in [2.24, 2.45) is 11.8 Å². The van der Waals surface area contributed by atoms with E-state index in [2.05, 4.69) is 11.4 Å². The summed E-state index contributed by atoms with van der Waals surface area (Å²) in [7, 11) is 0. The number of nitrogens with one attached hydrogen (secondary N) is 1. The highest BCUT2D eigenvalue weighted by Gasteiger charge is 2.41. The van der Waals surface area contributed by atoms with Crippen LogP contribution in [0.15, 0.2) is 0 Å². The van der Waals surface area contributed by atoms with E-state index in [1.54, 1.807) is 4.90 Å². The molecule has 5 nitrogen and oxygen atoms in total. The summed E-state index contributed by atoms with van der Waals surface area (Å²) in [5.41, 5.74) is 0. The molecule has 1 amide bonds. The number of hydrogen-bond donors (Lipinski definition) is 2. The van der Waals surface area contributed by atoms with Crippen LogP contribution in [0.1, 0.15) is 38.5 Å². The number of carbonyl (C=O) groups is 1. The van der Waals surface area contributed by atoms with Crippen LogP contribution in [0.2, 0.25) is 0 Å². The van der Waals surface area contributed by atoms with Gasteiger partial charge in [-0.05, 0) is 50.4 Å². The standard InChI is InChI=1S/C15H23N3O2/c16-8-13-2-1-3-18(13)15(20)9-17-12-4-10-6-14(19)7-11(10)5-12/h10-14,17,19H,1-7,9H2/t10-,11+,12?,13-,14?/m0/s1. The molecule has 3 fully saturated rings. The molecular weight excluding hydrogens is 254 g/mol. The Balaban J connectivity index is 1.44. The molecule has 0 bridgehead atoms. The van der Waals surface area contributed by atoms with Gasteiger partial charge in [0, 0.05) is 12.6 Å². The Morgan fingerprint density at radius 3 is 2.65 bits per heavy atom. The van der Waals surface area contributed by atoms with Crippen LogP contribution in [0.25, 0.3) is 0 Å². The number of rotatable bonds is 3. The van der Waals surface area contributed by atoms with Gasteiger partial charge in [-0.25, -0.2) is 0 Å². The number of fused-ring (bicyclic) bond motifs is 1. The lowest BCUT2D eigenvalue weighted by Crippen LogP contribution is -2.43. The highest BCUT2D eigenvalue weighted by molar-refractivity contribution is 5.79. The average molecular weight is 277 g/mol. The second-order valence-electron chi connectivity index (χ2n) is 6.57. The van der Waals surface area contributed by atoms with Gasteiger partial charge in [-0.3, -0.25) is 4.79 Å². The molecule has 0 radical (unpaired) electrons. The highest BCUT2D eigenvalue weighted by atomic mass is 16.3. The van der Waals surface area contributed by atoms with Gasteiger partial charge in [0.15, 0.2) is 0 Å². The van der Waals surface area contributed by atoms with E-state index in [-0.39, 0.29) is 18.1 Å². The first kappa shape index (κ1) is 13.8. The van der Waals surface area contributed by atoms with Crippen LogP contribution >= 0.6 is 0 Å². The second-order valence-corrected chi connectivity index (χ2v) is 6.57. The molecule has 2 saturated carbocycles. The summed E-state index contributed by atoms with van der Waals surface area (Å²) in [4.78, 5) is 13.9. The third kappa shape index (κ3) is 2.68. The Bertz CT molecular complexity index is 406. The molecule has 0 aromatic heterocycles. The molecule has 3 aliphatic rings. The highest BCUT2D eigenvalue weighted by Crippen LogP contribution is 2.44. The lowest BCUT2D eigenvalue weighted by molar-refractivity contribution is -0.130. The van der Waals surface area contributed by atoms with Crippen LogP contribution in [-0.4, -0.2) is 47.2 Å². The fraction of sp³-hybridized carbons (Fsp3) is 0.867. The molecule has 2 unspecified atom stereocenters. The molecule has 5 heteroatoms. The molecular formula is C15H23N3O2. The van der Waals surface area contributed by atoms with E-state index in [0.717, 1.165) is 45.1 Å². The van der Waals surface area contributed by atoms with Gasteiger partial charge in [0.1, 0.15) is 6.04 Å². The summed E-state index contributed by atoms with van der Waals surface area (Å²) in [6, 6.07) is 2.40. The molecule has 0 aromatic rings. The quantitative estimate of drug-likeness (QED) is 0.794. The maximum Gasteiger partial charge on any atom is 0.237 e. The van der Waals surface area contributed by atoms with Crippen molar-refractivity contribution in [2.75, 3.05) is 13.1 Å². The largest absolute Gasteiger partial charge is 0.393 e. The normalized spacial score (nSPS) is 39.8. The molecule has 3 rings (SSSR count). The van der Waals surface area contributed by atoms with E-state index in [9.17, 15) is 9.90 Å². The zero-order valence-corrected chi connectivity index (χ0v) is 11.8. The van der Waals surface area contributed by atoms with E-state index >= 15 is 0 Å². The second kappa shape index (κ2) is 5.71. The van der Waals surface area contributed by atoms with Crippen molar-refractivity contribution in [1.29, 1.82) is 5.26 Å². The molecule has 2 aliphatic carbocycles. The predicted octanol–water partition coefficient (Wildman–Crippen LogP) is 0.640. The van der Waals surface area contributed by atoms with Crippen molar-refractivity contribution in [3.63, 3.8) is 0 Å². The van der Waals surface area contributed by atoms with Crippen molar-refractivity contribution < 1.29 is 9.90 Å². The van der Waals surface area contributed by atoms with Crippen molar-refractivity contribution in [3.8, 4) is 6.07 Å². The minimum Gasteiger partial charge on any atom is -0.393 e. The number of aliphatic hydroxyl groups excluding tert-OH is 1. The van der Waals surface area contributed by atoms with Crippen molar-refractivity contribution in [3.05, 3.63) is 0 Å². The van der Waals surface area contributed by atoms with Crippen LogP contribution in [0.4, 0.5) is 0 Å². The van der Waals surface area contributed by atoms with Gasteiger partial charge in [0.2, 0.25) is 5.91 Å². The van der Waals surface area contributed by atoms with Gasteiger partial charge in [-0.15, -0.1) is 0 Å². The smallest absolute Gasteiger partial charge is 0.237 e. The molecule has 1 saturated heterocycles. The maximum absolute atomic E-state index is 12.1. The SMILES string of the molecule is N#C[C@@H]1CCCN1C(=O)CNC1C[C@H]2CC(O)C[C@H]2C1. The maximum atomic E-state index is 12.1. The topological polar surface area (TPSA) is 76.4 Å². The number of aliphatic hydroxyl groups is 1. The van der Waals surface area contributed by atoms with Gasteiger partial charge < -0.3 is 15.3 Å². The van der Waals surface area contributed by atoms with E-state index < -0.39 is 0 Å². The fourth-order valence-electron chi connectivity index (χ4n) is 4.28. The van der Waals surface area contributed by atoms with E-state index in [0.29, 0.717) is 24.4 Å². The Kier molecular flexibility index (Phi) is 3.95. The zero-order chi connectivity index (χ0) is 14.1. The lowest BCUT2D eigenvalue weighted by Gasteiger charge is -2.21. The monoisotopic (exact) mass is 277 g/mol. The summed E-state index contributed by atoms with van der Waals surface area (Å²) in [5, 5.41) is 22.0. The molecule has 1 heterocycles. The van der Waals surface area contributed by atoms with E-state index in [4.69, 9.17) is 5.26 Å². The Hall–Kier alpha value is -1.12. The van der Waals surface area contributed by atoms with E-state index in [1.807, 2.05) is 0 Å². The summed E-state index contributed by atoms with van der Waals surface area (Å²) < 4.78 is 0. The average Bonchev–Trinajstić information content (AvgIpc) is 3.08. The van der Waals surface area contributed by atoms with Crippen LogP contribution in [0.5, 0.6) is 0 Å². The van der Waals surface area contributed by atoms with Gasteiger partial charge in [0.25, 0.3) is 0 Å². The predicted molar refractivity (Wildman–Crippen MR) is 73.6 cm³/mol. The van der Waals surface area contributed by atoms with Gasteiger partial charge in [0.05, 0.1) is 18.7 Å². The van der Waals surface area contributed by atoms with Gasteiger partial charge in [-0.2, -0.15) is 5.26 Å². The number of nitriles is 1. The summed E-state index contributed by atoms with van der Waals surface area (Å²) >= 11 is 0. The number of hydrogen-bond acceptors (Lipinski definition) is 4. The summed E-state index contributed by atoms with van der Waals surface area (Å²) in [6.07, 6.45) is 5.67. The first-order chi connectivity index (χ1) is 9.67. The molecule has 20 heavy (non-hydrogen) atoms. The van der Waals surface area contributed by atoms with Gasteiger partial charge in [-0.1, -0.05) is 0 Å². The third-order valence-corrected chi connectivity index (χ3v) is 5.25. The molecule has 0 spiro atoms. The van der Waals surface area contributed by atoms with Crippen LogP contribution in [0, 0.1) is 23.2 Å². The number of amides is 1. The minimum absolute atomic E-state index is 0.0612. The van der Waals surface area contributed by atoms with E-state index in [1.165, 1.54) is 0 Å². The first-order valence-electron chi connectivity index (χ1n) is 7.78. The van der Waals surface area contributed by atoms with Crippen LogP contribution in [-0.2, 0) is 4.79 Å². The molecule has 110 valence electrons. The van der Waals surface area contributed by atoms with Crippen molar-refractivity contribution in [2.45, 2.75) is 56.7 Å². The first-order valence-corrected chi connectivity index (χ1v) is 7.78. The minimum atomic E-state index is -0.220. The Morgan fingerprint density at radius 1 is 1.30 bits per heavy atom. The summed E-state index contributed by atoms with van der Waals surface area (Å²) in [6.45, 7) is 1.08. The van der Waals surface area contributed by atoms with Crippen molar-refractivity contribution >= 4 is 5.91 Å². The number of likely N-dealkylation sites (tertiary alicyclic amines) is 1. The van der Waals surface area contributed by atoms with Gasteiger partial charge >= 0.3 is 0 Å². The Morgan fingerprint density at radius 2 is 2.00 bits per heavy atom. The number of carbonyl (C=O) groups excluding carboxylic acids is 1. The lowest BCUT2D eigenvalue weighted by atomic mass is 10.0. The molecule has 2 N–H and O–H groups in total. The Labute approximate surface area is 119 Å². The zero-order valence-electron chi connectivity index (χ0n) is 11.8. The number of nitrogens with zero attached hydrogens (tertiary/aromatic N) is 2. The fourth-order valence-corrected chi connectivity index (χ4v) is 4.28.